The maximum atomic E-state index is 13.9. The lowest BCUT2D eigenvalue weighted by molar-refractivity contribution is -0.124. The second-order valence-corrected chi connectivity index (χ2v) is 7.40. The van der Waals surface area contributed by atoms with Crippen LogP contribution in [0.4, 0.5) is 4.39 Å². The van der Waals surface area contributed by atoms with Crippen molar-refractivity contribution in [2.75, 3.05) is 0 Å². The molecule has 5 nitrogen and oxygen atoms in total. The van der Waals surface area contributed by atoms with E-state index < -0.39 is 5.82 Å². The molecule has 4 rings (SSSR count). The molecule has 2 amide bonds. The number of fused-ring (bicyclic) bond motifs is 1. The predicted molar refractivity (Wildman–Crippen MR) is 91.1 cm³/mol. The summed E-state index contributed by atoms with van der Waals surface area (Å²) in [6.07, 6.45) is 3.22. The molecule has 1 saturated carbocycles. The van der Waals surface area contributed by atoms with Crippen molar-refractivity contribution in [3.8, 4) is 0 Å². The highest BCUT2D eigenvalue weighted by Crippen LogP contribution is 2.36. The molecular formula is C17H17BrFN3O2. The molecule has 0 spiro atoms. The zero-order chi connectivity index (χ0) is 16.8. The van der Waals surface area contributed by atoms with E-state index in [4.69, 9.17) is 0 Å². The van der Waals surface area contributed by atoms with Gasteiger partial charge in [0.15, 0.2) is 0 Å². The molecule has 24 heavy (non-hydrogen) atoms. The predicted octanol–water partition coefficient (Wildman–Crippen LogP) is 2.86. The number of hydrogen-bond acceptors (Lipinski definition) is 2. The molecule has 3 N–H and O–H groups in total. The summed E-state index contributed by atoms with van der Waals surface area (Å²) in [6, 6.07) is 4.54. The quantitative estimate of drug-likeness (QED) is 0.749. The van der Waals surface area contributed by atoms with Crippen molar-refractivity contribution in [1.82, 2.24) is 15.6 Å². The fourth-order valence-electron chi connectivity index (χ4n) is 3.41. The molecule has 1 aliphatic carbocycles. The topological polar surface area (TPSA) is 74.0 Å². The minimum Gasteiger partial charge on any atom is -0.351 e. The van der Waals surface area contributed by atoms with Crippen LogP contribution in [0.1, 0.15) is 36.2 Å². The Labute approximate surface area is 146 Å². The SMILES string of the molecule is O=C1CC[C@@H](NC(=O)c2cc3c(Br)ccc(F)c3[nH]2)[C@H](C2CC2)N1. The molecule has 2 aromatic rings. The highest BCUT2D eigenvalue weighted by molar-refractivity contribution is 9.10. The van der Waals surface area contributed by atoms with Crippen molar-refractivity contribution < 1.29 is 14.0 Å². The molecule has 0 bridgehead atoms. The molecule has 1 aliphatic heterocycles. The standard InChI is InChI=1S/C17H17BrFN3O2/c18-10-3-4-11(19)16-9(10)7-13(20-16)17(24)21-12-5-6-14(23)22-15(12)8-1-2-8/h3-4,7-8,12,15,20H,1-2,5-6H2,(H,21,24)(H,22,23)/t12-,15+/m1/s1. The number of aromatic nitrogens is 1. The van der Waals surface area contributed by atoms with Crippen LogP contribution in [-0.2, 0) is 4.79 Å². The molecule has 2 atom stereocenters. The number of hydrogen-bond donors (Lipinski definition) is 3. The van der Waals surface area contributed by atoms with Gasteiger partial charge in [-0.1, -0.05) is 15.9 Å². The van der Waals surface area contributed by atoms with E-state index in [9.17, 15) is 14.0 Å². The lowest BCUT2D eigenvalue weighted by atomic mass is 9.94. The molecule has 2 heterocycles. The van der Waals surface area contributed by atoms with E-state index in [1.807, 2.05) is 0 Å². The first kappa shape index (κ1) is 15.6. The molecule has 1 aromatic heterocycles. The number of rotatable bonds is 3. The van der Waals surface area contributed by atoms with Gasteiger partial charge in [0.25, 0.3) is 5.91 Å². The van der Waals surface area contributed by atoms with Crippen LogP contribution in [0.5, 0.6) is 0 Å². The largest absolute Gasteiger partial charge is 0.351 e. The van der Waals surface area contributed by atoms with E-state index in [0.29, 0.717) is 35.4 Å². The first-order valence-electron chi connectivity index (χ1n) is 8.10. The van der Waals surface area contributed by atoms with E-state index >= 15 is 0 Å². The van der Waals surface area contributed by atoms with E-state index in [-0.39, 0.29) is 23.9 Å². The van der Waals surface area contributed by atoms with Crippen molar-refractivity contribution in [2.45, 2.75) is 37.8 Å². The molecule has 2 fully saturated rings. The van der Waals surface area contributed by atoms with E-state index in [2.05, 4.69) is 31.5 Å². The third kappa shape index (κ3) is 2.81. The number of halogens is 2. The third-order valence-corrected chi connectivity index (χ3v) is 5.52. The fraction of sp³-hybridized carbons (Fsp3) is 0.412. The van der Waals surface area contributed by atoms with Crippen molar-refractivity contribution in [2.24, 2.45) is 5.92 Å². The molecule has 0 radical (unpaired) electrons. The number of H-pyrrole nitrogens is 1. The molecule has 1 aromatic carbocycles. The van der Waals surface area contributed by atoms with Crippen LogP contribution in [0.15, 0.2) is 22.7 Å². The minimum absolute atomic E-state index is 0.00282. The van der Waals surface area contributed by atoms with Crippen LogP contribution in [0, 0.1) is 11.7 Å². The molecule has 1 saturated heterocycles. The van der Waals surface area contributed by atoms with Crippen LogP contribution in [0.2, 0.25) is 0 Å². The van der Waals surface area contributed by atoms with Gasteiger partial charge in [-0.25, -0.2) is 4.39 Å². The second kappa shape index (κ2) is 5.88. The van der Waals surface area contributed by atoms with Crippen LogP contribution in [0.3, 0.4) is 0 Å². The van der Waals surface area contributed by atoms with Gasteiger partial charge in [0.05, 0.1) is 17.6 Å². The zero-order valence-electron chi connectivity index (χ0n) is 12.9. The van der Waals surface area contributed by atoms with Crippen molar-refractivity contribution in [1.29, 1.82) is 0 Å². The summed E-state index contributed by atoms with van der Waals surface area (Å²) in [7, 11) is 0. The normalized spacial score (nSPS) is 24.0. The van der Waals surface area contributed by atoms with Crippen molar-refractivity contribution in [3.05, 3.63) is 34.2 Å². The van der Waals surface area contributed by atoms with Crippen molar-refractivity contribution >= 4 is 38.6 Å². The number of aromatic amines is 1. The van der Waals surface area contributed by atoms with Gasteiger partial charge < -0.3 is 15.6 Å². The molecule has 0 unspecified atom stereocenters. The van der Waals surface area contributed by atoms with Crippen molar-refractivity contribution in [3.63, 3.8) is 0 Å². The van der Waals surface area contributed by atoms with Crippen LogP contribution < -0.4 is 10.6 Å². The average Bonchev–Trinajstić information content (AvgIpc) is 3.30. The summed E-state index contributed by atoms with van der Waals surface area (Å²) in [5.74, 6) is -0.166. The Morgan fingerprint density at radius 1 is 1.29 bits per heavy atom. The number of piperidine rings is 1. The average molecular weight is 394 g/mol. The lowest BCUT2D eigenvalue weighted by Crippen LogP contribution is -2.56. The molecule has 126 valence electrons. The summed E-state index contributed by atoms with van der Waals surface area (Å²) < 4.78 is 14.6. The van der Waals surface area contributed by atoms with Gasteiger partial charge in [0.2, 0.25) is 5.91 Å². The van der Waals surface area contributed by atoms with Crippen LogP contribution in [0.25, 0.3) is 10.9 Å². The lowest BCUT2D eigenvalue weighted by Gasteiger charge is -2.32. The Kier molecular flexibility index (Phi) is 3.83. The van der Waals surface area contributed by atoms with Gasteiger partial charge >= 0.3 is 0 Å². The minimum atomic E-state index is -0.395. The summed E-state index contributed by atoms with van der Waals surface area (Å²) in [5.41, 5.74) is 0.632. The Balaban J connectivity index is 1.56. The number of amides is 2. The Bertz CT molecular complexity index is 792. The summed E-state index contributed by atoms with van der Waals surface area (Å²) in [4.78, 5) is 27.1. The third-order valence-electron chi connectivity index (χ3n) is 4.82. The van der Waals surface area contributed by atoms with E-state index in [0.717, 1.165) is 17.3 Å². The second-order valence-electron chi connectivity index (χ2n) is 6.55. The van der Waals surface area contributed by atoms with Crippen LogP contribution >= 0.6 is 15.9 Å². The summed E-state index contributed by atoms with van der Waals surface area (Å²) in [5, 5.41) is 6.64. The molecule has 2 aliphatic rings. The van der Waals surface area contributed by atoms with E-state index in [1.165, 1.54) is 6.07 Å². The van der Waals surface area contributed by atoms with E-state index in [1.54, 1.807) is 12.1 Å². The highest BCUT2D eigenvalue weighted by atomic mass is 79.9. The molecule has 7 heteroatoms. The smallest absolute Gasteiger partial charge is 0.268 e. The van der Waals surface area contributed by atoms with Gasteiger partial charge in [-0.2, -0.15) is 0 Å². The first-order valence-corrected chi connectivity index (χ1v) is 8.89. The summed E-state index contributed by atoms with van der Waals surface area (Å²) in [6.45, 7) is 0. The number of carbonyl (C=O) groups excluding carboxylic acids is 2. The van der Waals surface area contributed by atoms with Gasteiger partial charge in [-0.05, 0) is 43.4 Å². The summed E-state index contributed by atoms with van der Waals surface area (Å²) >= 11 is 3.37. The molecular weight excluding hydrogens is 377 g/mol. The number of nitrogens with one attached hydrogen (secondary N) is 3. The Morgan fingerprint density at radius 3 is 2.79 bits per heavy atom. The maximum absolute atomic E-state index is 13.9. The number of carbonyl (C=O) groups is 2. The highest BCUT2D eigenvalue weighted by Gasteiger charge is 2.40. The zero-order valence-corrected chi connectivity index (χ0v) is 14.5. The van der Waals surface area contributed by atoms with Gasteiger partial charge in [0.1, 0.15) is 11.5 Å². The maximum Gasteiger partial charge on any atom is 0.268 e. The monoisotopic (exact) mass is 393 g/mol. The first-order chi connectivity index (χ1) is 11.5. The van der Waals surface area contributed by atoms with Gasteiger partial charge in [0, 0.05) is 16.3 Å². The Hall–Kier alpha value is -1.89. The Morgan fingerprint density at radius 2 is 2.08 bits per heavy atom. The number of benzene rings is 1. The van der Waals surface area contributed by atoms with Gasteiger partial charge in [-0.3, -0.25) is 9.59 Å². The van der Waals surface area contributed by atoms with Gasteiger partial charge in [-0.15, -0.1) is 0 Å². The van der Waals surface area contributed by atoms with Crippen LogP contribution in [-0.4, -0.2) is 28.9 Å². The fourth-order valence-corrected chi connectivity index (χ4v) is 3.85.